The van der Waals surface area contributed by atoms with E-state index in [4.69, 9.17) is 10.5 Å². The second-order valence-electron chi connectivity index (χ2n) is 4.33. The van der Waals surface area contributed by atoms with Gasteiger partial charge < -0.3 is 15.4 Å². The van der Waals surface area contributed by atoms with Crippen LogP contribution in [0.4, 0.5) is 10.1 Å². The summed E-state index contributed by atoms with van der Waals surface area (Å²) in [6.45, 7) is -0.127. The van der Waals surface area contributed by atoms with Crippen molar-refractivity contribution in [1.29, 1.82) is 0 Å². The Labute approximate surface area is 113 Å². The molecular weight excluding hydrogens is 303 g/mol. The molecule has 0 spiro atoms. The van der Waals surface area contributed by atoms with Gasteiger partial charge in [-0.05, 0) is 34.8 Å². The molecule has 98 valence electrons. The number of anilines is 1. The molecule has 0 atom stereocenters. The number of nitrogens with two attached hydrogens (primary N) is 1. The number of hydrogen-bond acceptors (Lipinski definition) is 3. The van der Waals surface area contributed by atoms with Crippen molar-refractivity contribution in [3.8, 4) is 5.75 Å². The van der Waals surface area contributed by atoms with Crippen LogP contribution in [0.1, 0.15) is 12.8 Å². The molecule has 0 radical (unpaired) electrons. The summed E-state index contributed by atoms with van der Waals surface area (Å²) in [6.07, 6.45) is 2.08. The van der Waals surface area contributed by atoms with Gasteiger partial charge >= 0.3 is 0 Å². The van der Waals surface area contributed by atoms with E-state index in [0.29, 0.717) is 11.7 Å². The molecule has 1 saturated carbocycles. The fourth-order valence-corrected chi connectivity index (χ4v) is 1.94. The zero-order valence-electron chi connectivity index (χ0n) is 9.95. The second kappa shape index (κ2) is 5.14. The quantitative estimate of drug-likeness (QED) is 0.866. The van der Waals surface area contributed by atoms with Gasteiger partial charge in [0.15, 0.2) is 6.61 Å². The van der Waals surface area contributed by atoms with Crippen molar-refractivity contribution in [3.05, 3.63) is 22.4 Å². The van der Waals surface area contributed by atoms with Crippen LogP contribution in [0.25, 0.3) is 0 Å². The van der Waals surface area contributed by atoms with Gasteiger partial charge in [0, 0.05) is 19.2 Å². The van der Waals surface area contributed by atoms with E-state index < -0.39 is 5.82 Å². The normalized spacial score (nSPS) is 14.4. The van der Waals surface area contributed by atoms with E-state index in [9.17, 15) is 9.18 Å². The van der Waals surface area contributed by atoms with Gasteiger partial charge in [0.25, 0.3) is 5.91 Å². The van der Waals surface area contributed by atoms with E-state index in [0.717, 1.165) is 12.8 Å². The fraction of sp³-hybridized carbons (Fsp3) is 0.417. The second-order valence-corrected chi connectivity index (χ2v) is 5.18. The van der Waals surface area contributed by atoms with Crippen molar-refractivity contribution in [2.45, 2.75) is 18.9 Å². The summed E-state index contributed by atoms with van der Waals surface area (Å²) >= 11 is 3.03. The topological polar surface area (TPSA) is 55.6 Å². The summed E-state index contributed by atoms with van der Waals surface area (Å²) in [6, 6.07) is 2.92. The van der Waals surface area contributed by atoms with Gasteiger partial charge in [0.2, 0.25) is 0 Å². The lowest BCUT2D eigenvalue weighted by Crippen LogP contribution is -2.33. The Kier molecular flexibility index (Phi) is 3.75. The number of ether oxygens (including phenoxy) is 1. The number of hydrogen-bond donors (Lipinski definition) is 1. The van der Waals surface area contributed by atoms with Crippen LogP contribution in [0.3, 0.4) is 0 Å². The molecule has 0 heterocycles. The maximum atomic E-state index is 13.3. The molecule has 4 nitrogen and oxygen atoms in total. The first kappa shape index (κ1) is 13.1. The molecule has 18 heavy (non-hydrogen) atoms. The first-order chi connectivity index (χ1) is 8.49. The minimum absolute atomic E-state index is 0.125. The van der Waals surface area contributed by atoms with E-state index in [-0.39, 0.29) is 22.7 Å². The molecule has 0 unspecified atom stereocenters. The largest absolute Gasteiger partial charge is 0.482 e. The summed E-state index contributed by atoms with van der Waals surface area (Å²) < 4.78 is 18.8. The summed E-state index contributed by atoms with van der Waals surface area (Å²) in [5.74, 6) is -0.407. The van der Waals surface area contributed by atoms with Gasteiger partial charge in [-0.1, -0.05) is 0 Å². The molecule has 2 rings (SSSR count). The Morgan fingerprint density at radius 3 is 2.89 bits per heavy atom. The Bertz CT molecular complexity index is 477. The van der Waals surface area contributed by atoms with Crippen LogP contribution in [-0.2, 0) is 4.79 Å². The highest BCUT2D eigenvalue weighted by atomic mass is 79.9. The SMILES string of the molecule is CN(C(=O)COc1cc(F)c(Br)cc1N)C1CC1. The Morgan fingerprint density at radius 2 is 2.28 bits per heavy atom. The number of nitrogen functional groups attached to an aromatic ring is 1. The highest BCUT2D eigenvalue weighted by Crippen LogP contribution is 2.29. The van der Waals surface area contributed by atoms with Gasteiger partial charge in [-0.15, -0.1) is 0 Å². The third-order valence-corrected chi connectivity index (χ3v) is 3.50. The van der Waals surface area contributed by atoms with Crippen LogP contribution in [0.15, 0.2) is 16.6 Å². The molecule has 0 saturated heterocycles. The molecule has 1 aromatic rings. The van der Waals surface area contributed by atoms with Crippen molar-refractivity contribution in [1.82, 2.24) is 4.90 Å². The monoisotopic (exact) mass is 316 g/mol. The van der Waals surface area contributed by atoms with Crippen LogP contribution in [0.2, 0.25) is 0 Å². The lowest BCUT2D eigenvalue weighted by Gasteiger charge is -2.17. The third kappa shape index (κ3) is 2.93. The van der Waals surface area contributed by atoms with E-state index in [1.165, 1.54) is 12.1 Å². The van der Waals surface area contributed by atoms with E-state index in [1.54, 1.807) is 11.9 Å². The number of carbonyl (C=O) groups is 1. The Morgan fingerprint density at radius 1 is 1.61 bits per heavy atom. The first-order valence-corrected chi connectivity index (χ1v) is 6.41. The molecule has 2 N–H and O–H groups in total. The van der Waals surface area contributed by atoms with Crippen LogP contribution < -0.4 is 10.5 Å². The molecule has 1 amide bonds. The van der Waals surface area contributed by atoms with Crippen molar-refractivity contribution < 1.29 is 13.9 Å². The molecule has 1 aliphatic rings. The first-order valence-electron chi connectivity index (χ1n) is 5.62. The maximum absolute atomic E-state index is 13.3. The number of carbonyl (C=O) groups excluding carboxylic acids is 1. The van der Waals surface area contributed by atoms with E-state index in [2.05, 4.69) is 15.9 Å². The van der Waals surface area contributed by atoms with Crippen LogP contribution in [-0.4, -0.2) is 30.5 Å². The lowest BCUT2D eigenvalue weighted by atomic mass is 10.3. The molecule has 1 fully saturated rings. The van der Waals surface area contributed by atoms with E-state index >= 15 is 0 Å². The molecule has 0 aliphatic heterocycles. The maximum Gasteiger partial charge on any atom is 0.260 e. The van der Waals surface area contributed by atoms with Crippen LogP contribution >= 0.6 is 15.9 Å². The molecule has 1 aromatic carbocycles. The number of halogens is 2. The zero-order chi connectivity index (χ0) is 13.3. The van der Waals surface area contributed by atoms with Crippen LogP contribution in [0, 0.1) is 5.82 Å². The van der Waals surface area contributed by atoms with Gasteiger partial charge in [-0.3, -0.25) is 4.79 Å². The average molecular weight is 317 g/mol. The zero-order valence-corrected chi connectivity index (χ0v) is 11.5. The van der Waals surface area contributed by atoms with Crippen molar-refractivity contribution in [2.75, 3.05) is 19.4 Å². The molecule has 0 bridgehead atoms. The van der Waals surface area contributed by atoms with Crippen molar-refractivity contribution in [3.63, 3.8) is 0 Å². The number of benzene rings is 1. The smallest absolute Gasteiger partial charge is 0.260 e. The van der Waals surface area contributed by atoms with Gasteiger partial charge in [-0.25, -0.2) is 4.39 Å². The van der Waals surface area contributed by atoms with Crippen molar-refractivity contribution in [2.24, 2.45) is 0 Å². The standard InChI is InChI=1S/C12H14BrFN2O2/c1-16(7-2-3-7)12(17)6-18-11-5-9(14)8(13)4-10(11)15/h4-5,7H,2-3,6,15H2,1H3. The van der Waals surface area contributed by atoms with Gasteiger partial charge in [-0.2, -0.15) is 0 Å². The molecule has 1 aliphatic carbocycles. The molecule has 6 heteroatoms. The predicted molar refractivity (Wildman–Crippen MR) is 69.8 cm³/mol. The number of amides is 1. The lowest BCUT2D eigenvalue weighted by molar-refractivity contribution is -0.132. The number of nitrogens with zero attached hydrogens (tertiary/aromatic N) is 1. The number of rotatable bonds is 4. The fourth-order valence-electron chi connectivity index (χ4n) is 1.58. The number of likely N-dealkylation sites (N-methyl/N-ethyl adjacent to an activating group) is 1. The summed E-state index contributed by atoms with van der Waals surface area (Å²) in [5.41, 5.74) is 5.97. The van der Waals surface area contributed by atoms with Crippen molar-refractivity contribution >= 4 is 27.5 Å². The highest BCUT2D eigenvalue weighted by molar-refractivity contribution is 9.10. The molecule has 0 aromatic heterocycles. The minimum Gasteiger partial charge on any atom is -0.482 e. The predicted octanol–water partition coefficient (Wildman–Crippen LogP) is 2.17. The van der Waals surface area contributed by atoms with E-state index in [1.807, 2.05) is 0 Å². The highest BCUT2D eigenvalue weighted by Gasteiger charge is 2.29. The van der Waals surface area contributed by atoms with Gasteiger partial charge in [0.1, 0.15) is 11.6 Å². The average Bonchev–Trinajstić information content (AvgIpc) is 3.14. The third-order valence-electron chi connectivity index (χ3n) is 2.89. The van der Waals surface area contributed by atoms with Gasteiger partial charge in [0.05, 0.1) is 10.2 Å². The summed E-state index contributed by atoms with van der Waals surface area (Å²) in [4.78, 5) is 13.4. The minimum atomic E-state index is -0.470. The Hall–Kier alpha value is -1.30. The molecular formula is C12H14BrFN2O2. The summed E-state index contributed by atoms with van der Waals surface area (Å²) in [5, 5.41) is 0. The summed E-state index contributed by atoms with van der Waals surface area (Å²) in [7, 11) is 1.74. The van der Waals surface area contributed by atoms with Crippen LogP contribution in [0.5, 0.6) is 5.75 Å². The Balaban J connectivity index is 1.97.